The van der Waals surface area contributed by atoms with E-state index in [9.17, 15) is 18.0 Å². The van der Waals surface area contributed by atoms with Crippen molar-refractivity contribution in [1.29, 1.82) is 0 Å². The van der Waals surface area contributed by atoms with Gasteiger partial charge in [-0.2, -0.15) is 5.10 Å². The maximum Gasteiger partial charge on any atom is 0.264 e. The molecule has 0 unspecified atom stereocenters. The first kappa shape index (κ1) is 30.7. The maximum atomic E-state index is 13.6. The van der Waals surface area contributed by atoms with Gasteiger partial charge in [-0.15, -0.1) is 0 Å². The second kappa shape index (κ2) is 14.1. The summed E-state index contributed by atoms with van der Waals surface area (Å²) in [6.45, 7) is 6.17. The van der Waals surface area contributed by atoms with Crippen LogP contribution in [0.25, 0.3) is 0 Å². The topological polar surface area (TPSA) is 126 Å². The molecule has 4 rings (SSSR count). The number of nitrogens with one attached hydrogen (secondary N) is 2. The Morgan fingerprint density at radius 2 is 1.71 bits per heavy atom. The first-order valence-corrected chi connectivity index (χ1v) is 15.2. The molecule has 1 heterocycles. The fourth-order valence-corrected chi connectivity index (χ4v) is 5.83. The zero-order chi connectivity index (χ0) is 30.1. The first-order chi connectivity index (χ1) is 20.1. The number of anilines is 1. The highest BCUT2D eigenvalue weighted by molar-refractivity contribution is 7.92. The van der Waals surface area contributed by atoms with Crippen LogP contribution in [-0.2, 0) is 24.3 Å². The van der Waals surface area contributed by atoms with Gasteiger partial charge in [0.15, 0.2) is 6.61 Å². The van der Waals surface area contributed by atoms with Crippen molar-refractivity contribution in [2.75, 3.05) is 30.6 Å². The van der Waals surface area contributed by atoms with Gasteiger partial charge in [-0.05, 0) is 92.8 Å². The van der Waals surface area contributed by atoms with Gasteiger partial charge < -0.3 is 14.8 Å². The number of aryl methyl sites for hydroxylation is 3. The standard InChI is InChI=1S/C31H36N4O6S/c1-22-7-14-28(15-8-22)42(38,39)35(29-17-23(2)6-9-24(29)3)20-30(36)34-33-18-25-10-12-26(13-11-25)41-21-31(37)32-19-27-5-4-16-40-27/h6-15,17-18,27H,4-5,16,19-21H2,1-3H3,(H,32,37)(H,34,36)/b33-18-/t27-/m0/s1. The van der Waals surface area contributed by atoms with Gasteiger partial charge in [0, 0.05) is 13.2 Å². The summed E-state index contributed by atoms with van der Waals surface area (Å²) < 4.78 is 39.4. The predicted molar refractivity (Wildman–Crippen MR) is 161 cm³/mol. The van der Waals surface area contributed by atoms with Crippen LogP contribution in [0.2, 0.25) is 0 Å². The predicted octanol–water partition coefficient (Wildman–Crippen LogP) is 3.63. The number of amides is 2. The van der Waals surface area contributed by atoms with E-state index in [1.54, 1.807) is 49.4 Å². The molecule has 1 atom stereocenters. The fraction of sp³-hybridized carbons (Fsp3) is 0.323. The minimum Gasteiger partial charge on any atom is -0.484 e. The molecular formula is C31H36N4O6S. The molecule has 3 aromatic rings. The molecule has 0 saturated carbocycles. The quantitative estimate of drug-likeness (QED) is 0.244. The molecule has 222 valence electrons. The molecule has 1 saturated heterocycles. The van der Waals surface area contributed by atoms with Gasteiger partial charge in [0.2, 0.25) is 0 Å². The lowest BCUT2D eigenvalue weighted by molar-refractivity contribution is -0.123. The minimum atomic E-state index is -4.04. The lowest BCUT2D eigenvalue weighted by Gasteiger charge is -2.25. The van der Waals surface area contributed by atoms with Gasteiger partial charge in [-0.3, -0.25) is 13.9 Å². The normalized spacial score (nSPS) is 15.0. The molecule has 0 spiro atoms. The summed E-state index contributed by atoms with van der Waals surface area (Å²) >= 11 is 0. The van der Waals surface area contributed by atoms with Crippen LogP contribution in [0, 0.1) is 20.8 Å². The van der Waals surface area contributed by atoms with E-state index in [0.717, 1.165) is 40.4 Å². The monoisotopic (exact) mass is 592 g/mol. The third-order valence-corrected chi connectivity index (χ3v) is 8.51. The van der Waals surface area contributed by atoms with Crippen LogP contribution in [0.4, 0.5) is 5.69 Å². The Morgan fingerprint density at radius 3 is 2.40 bits per heavy atom. The average Bonchev–Trinajstić information content (AvgIpc) is 3.50. The van der Waals surface area contributed by atoms with E-state index in [1.807, 2.05) is 26.0 Å². The number of sulfonamides is 1. The molecule has 3 aromatic carbocycles. The van der Waals surface area contributed by atoms with Crippen molar-refractivity contribution >= 4 is 33.7 Å². The van der Waals surface area contributed by atoms with Crippen LogP contribution in [0.5, 0.6) is 5.75 Å². The summed E-state index contributed by atoms with van der Waals surface area (Å²) in [7, 11) is -4.04. The van der Waals surface area contributed by atoms with E-state index in [4.69, 9.17) is 9.47 Å². The number of ether oxygens (including phenoxy) is 2. The summed E-state index contributed by atoms with van der Waals surface area (Å²) in [5.74, 6) is -0.316. The van der Waals surface area contributed by atoms with Gasteiger partial charge in [-0.1, -0.05) is 29.8 Å². The Labute approximate surface area is 246 Å². The Bertz CT molecular complexity index is 1520. The summed E-state index contributed by atoms with van der Waals surface area (Å²) in [4.78, 5) is 25.0. The van der Waals surface area contributed by atoms with Gasteiger partial charge in [0.05, 0.1) is 22.9 Å². The molecule has 1 fully saturated rings. The minimum absolute atomic E-state index is 0.0698. The van der Waals surface area contributed by atoms with Crippen molar-refractivity contribution < 1.29 is 27.5 Å². The van der Waals surface area contributed by atoms with Crippen LogP contribution in [0.15, 0.2) is 76.7 Å². The number of hydrogen-bond acceptors (Lipinski definition) is 7. The van der Waals surface area contributed by atoms with E-state index in [-0.39, 0.29) is 23.5 Å². The molecule has 2 N–H and O–H groups in total. The van der Waals surface area contributed by atoms with Crippen molar-refractivity contribution in [2.24, 2.45) is 5.10 Å². The molecule has 2 amide bonds. The Hall–Kier alpha value is -4.22. The number of nitrogens with zero attached hydrogens (tertiary/aromatic N) is 2. The Kier molecular flexibility index (Phi) is 10.3. The molecular weight excluding hydrogens is 556 g/mol. The highest BCUT2D eigenvalue weighted by atomic mass is 32.2. The van der Waals surface area contributed by atoms with Gasteiger partial charge in [0.1, 0.15) is 12.3 Å². The van der Waals surface area contributed by atoms with Crippen LogP contribution in [0.1, 0.15) is 35.1 Å². The molecule has 1 aliphatic rings. The lowest BCUT2D eigenvalue weighted by atomic mass is 10.1. The Balaban J connectivity index is 1.35. The van der Waals surface area contributed by atoms with E-state index in [1.165, 1.54) is 18.3 Å². The summed E-state index contributed by atoms with van der Waals surface area (Å²) in [5, 5.41) is 6.80. The number of rotatable bonds is 12. The molecule has 10 nitrogen and oxygen atoms in total. The van der Waals surface area contributed by atoms with Crippen molar-refractivity contribution in [3.8, 4) is 5.75 Å². The summed E-state index contributed by atoms with van der Waals surface area (Å²) in [6, 6.07) is 18.8. The smallest absolute Gasteiger partial charge is 0.264 e. The van der Waals surface area contributed by atoms with Crippen molar-refractivity contribution in [3.05, 3.63) is 89.0 Å². The Morgan fingerprint density at radius 1 is 1.00 bits per heavy atom. The zero-order valence-corrected chi connectivity index (χ0v) is 24.8. The van der Waals surface area contributed by atoms with E-state index >= 15 is 0 Å². The molecule has 11 heteroatoms. The van der Waals surface area contributed by atoms with Gasteiger partial charge in [0.25, 0.3) is 21.8 Å². The van der Waals surface area contributed by atoms with E-state index in [0.29, 0.717) is 23.5 Å². The summed E-state index contributed by atoms with van der Waals surface area (Å²) in [5.41, 5.74) is 6.02. The fourth-order valence-electron chi connectivity index (χ4n) is 4.35. The van der Waals surface area contributed by atoms with Gasteiger partial charge in [-0.25, -0.2) is 13.8 Å². The number of carbonyl (C=O) groups excluding carboxylic acids is 2. The largest absolute Gasteiger partial charge is 0.484 e. The second-order valence-corrected chi connectivity index (χ2v) is 12.1. The third kappa shape index (κ3) is 8.40. The zero-order valence-electron chi connectivity index (χ0n) is 24.0. The van der Waals surface area contributed by atoms with E-state index in [2.05, 4.69) is 15.8 Å². The maximum absolute atomic E-state index is 13.6. The van der Waals surface area contributed by atoms with Crippen LogP contribution < -0.4 is 19.8 Å². The highest BCUT2D eigenvalue weighted by Crippen LogP contribution is 2.28. The third-order valence-electron chi connectivity index (χ3n) is 6.73. The van der Waals surface area contributed by atoms with Crippen molar-refractivity contribution in [1.82, 2.24) is 10.7 Å². The van der Waals surface area contributed by atoms with Crippen LogP contribution in [-0.4, -0.2) is 58.9 Å². The molecule has 0 aliphatic carbocycles. The molecule has 0 bridgehead atoms. The number of carbonyl (C=O) groups is 2. The number of hydrazone groups is 1. The molecule has 42 heavy (non-hydrogen) atoms. The number of hydrogen-bond donors (Lipinski definition) is 2. The second-order valence-electron chi connectivity index (χ2n) is 10.2. The van der Waals surface area contributed by atoms with Gasteiger partial charge >= 0.3 is 0 Å². The summed E-state index contributed by atoms with van der Waals surface area (Å²) in [6.07, 6.45) is 3.46. The number of benzene rings is 3. The molecule has 1 aliphatic heterocycles. The lowest BCUT2D eigenvalue weighted by Crippen LogP contribution is -2.40. The van der Waals surface area contributed by atoms with Crippen molar-refractivity contribution in [3.63, 3.8) is 0 Å². The molecule has 0 radical (unpaired) electrons. The van der Waals surface area contributed by atoms with Crippen molar-refractivity contribution in [2.45, 2.75) is 44.6 Å². The SMILES string of the molecule is Cc1ccc(S(=O)(=O)N(CC(=O)N/N=C\c2ccc(OCC(=O)NC[C@@H]3CCCO3)cc2)c2cc(C)ccc2C)cc1. The highest BCUT2D eigenvalue weighted by Gasteiger charge is 2.28. The van der Waals surface area contributed by atoms with Crippen LogP contribution in [0.3, 0.4) is 0 Å². The van der Waals surface area contributed by atoms with E-state index < -0.39 is 22.5 Å². The molecule has 0 aromatic heterocycles. The average molecular weight is 593 g/mol. The van der Waals surface area contributed by atoms with Crippen LogP contribution >= 0.6 is 0 Å². The first-order valence-electron chi connectivity index (χ1n) is 13.7.